The van der Waals surface area contributed by atoms with Gasteiger partial charge in [0, 0.05) is 21.8 Å². The first kappa shape index (κ1) is 20.0. The predicted octanol–water partition coefficient (Wildman–Crippen LogP) is 6.22. The van der Waals surface area contributed by atoms with Gasteiger partial charge in [-0.3, -0.25) is 4.79 Å². The van der Waals surface area contributed by atoms with Gasteiger partial charge in [0.1, 0.15) is 23.9 Å². The Balaban J connectivity index is 1.51. The monoisotopic (exact) mass is 421 g/mol. The van der Waals surface area contributed by atoms with Gasteiger partial charge in [-0.1, -0.05) is 23.7 Å². The Labute approximate surface area is 178 Å². The number of furan rings is 2. The quantitative estimate of drug-likeness (QED) is 0.401. The van der Waals surface area contributed by atoms with Crippen LogP contribution in [-0.2, 0) is 6.61 Å². The normalized spacial score (nSPS) is 10.9. The minimum absolute atomic E-state index is 0.146. The molecule has 0 aliphatic rings. The van der Waals surface area contributed by atoms with E-state index in [-0.39, 0.29) is 18.3 Å². The van der Waals surface area contributed by atoms with Gasteiger partial charge in [0.25, 0.3) is 5.91 Å². The second-order valence-electron chi connectivity index (χ2n) is 7.04. The van der Waals surface area contributed by atoms with Crippen molar-refractivity contribution in [3.63, 3.8) is 0 Å². The van der Waals surface area contributed by atoms with Gasteiger partial charge in [-0.05, 0) is 73.5 Å². The van der Waals surface area contributed by atoms with Crippen molar-refractivity contribution >= 4 is 23.2 Å². The van der Waals surface area contributed by atoms with Gasteiger partial charge in [0.05, 0.1) is 0 Å². The molecule has 0 spiro atoms. The van der Waals surface area contributed by atoms with E-state index in [2.05, 4.69) is 5.32 Å². The van der Waals surface area contributed by atoms with Gasteiger partial charge < -0.3 is 19.3 Å². The molecule has 2 heterocycles. The van der Waals surface area contributed by atoms with Crippen molar-refractivity contribution in [3.8, 4) is 22.6 Å². The first-order chi connectivity index (χ1) is 14.4. The highest BCUT2D eigenvalue weighted by Crippen LogP contribution is 2.29. The zero-order chi connectivity index (χ0) is 21.3. The average Bonchev–Trinajstić information content (AvgIpc) is 3.40. The second kappa shape index (κ2) is 8.22. The summed E-state index contributed by atoms with van der Waals surface area (Å²) >= 11 is 6.18. The lowest BCUT2D eigenvalue weighted by molar-refractivity contribution is 0.0997. The molecular formula is C24H20ClNO4. The van der Waals surface area contributed by atoms with Crippen LogP contribution in [0, 0.1) is 13.8 Å². The number of aliphatic hydroxyl groups excluding tert-OH is 1. The van der Waals surface area contributed by atoms with Crippen LogP contribution in [0.25, 0.3) is 22.6 Å². The number of halogens is 1. The molecule has 0 unspecified atom stereocenters. The molecule has 152 valence electrons. The minimum Gasteiger partial charge on any atom is -0.459 e. The van der Waals surface area contributed by atoms with E-state index in [9.17, 15) is 4.79 Å². The summed E-state index contributed by atoms with van der Waals surface area (Å²) in [4.78, 5) is 12.6. The van der Waals surface area contributed by atoms with Gasteiger partial charge in [0.2, 0.25) is 0 Å². The largest absolute Gasteiger partial charge is 0.459 e. The highest BCUT2D eigenvalue weighted by Gasteiger charge is 2.14. The summed E-state index contributed by atoms with van der Waals surface area (Å²) in [5.41, 5.74) is 4.26. The van der Waals surface area contributed by atoms with Crippen molar-refractivity contribution in [2.75, 3.05) is 5.32 Å². The lowest BCUT2D eigenvalue weighted by Gasteiger charge is -2.08. The van der Waals surface area contributed by atoms with Crippen LogP contribution in [-0.4, -0.2) is 11.0 Å². The van der Waals surface area contributed by atoms with Crippen LogP contribution in [0.4, 0.5) is 5.69 Å². The Hall–Kier alpha value is -3.28. The minimum atomic E-state index is -0.341. The molecule has 0 bridgehead atoms. The Morgan fingerprint density at radius 2 is 1.73 bits per heavy atom. The molecule has 4 rings (SSSR count). The summed E-state index contributed by atoms with van der Waals surface area (Å²) in [7, 11) is 0. The highest BCUT2D eigenvalue weighted by atomic mass is 35.5. The van der Waals surface area contributed by atoms with Crippen LogP contribution in [0.2, 0.25) is 5.02 Å². The number of amides is 1. The van der Waals surface area contributed by atoms with Gasteiger partial charge in [-0.15, -0.1) is 0 Å². The van der Waals surface area contributed by atoms with E-state index in [0.717, 1.165) is 22.3 Å². The summed E-state index contributed by atoms with van der Waals surface area (Å²) in [5, 5.41) is 12.7. The van der Waals surface area contributed by atoms with Gasteiger partial charge in [-0.25, -0.2) is 0 Å². The summed E-state index contributed by atoms with van der Waals surface area (Å²) in [5.74, 6) is 1.62. The lowest BCUT2D eigenvalue weighted by Crippen LogP contribution is -2.10. The fourth-order valence-corrected chi connectivity index (χ4v) is 3.36. The highest BCUT2D eigenvalue weighted by molar-refractivity contribution is 6.31. The first-order valence-electron chi connectivity index (χ1n) is 9.43. The summed E-state index contributed by atoms with van der Waals surface area (Å²) in [6, 6.07) is 18.1. The molecule has 0 aliphatic carbocycles. The molecule has 30 heavy (non-hydrogen) atoms. The van der Waals surface area contributed by atoms with Crippen molar-refractivity contribution in [3.05, 3.63) is 88.3 Å². The number of carbonyl (C=O) groups is 1. The number of aryl methyl sites for hydroxylation is 2. The lowest BCUT2D eigenvalue weighted by atomic mass is 10.1. The number of hydrogen-bond donors (Lipinski definition) is 2. The zero-order valence-corrected chi connectivity index (χ0v) is 17.3. The number of aliphatic hydroxyl groups is 1. The summed E-state index contributed by atoms with van der Waals surface area (Å²) < 4.78 is 11.3. The standard InChI is InChI=1S/C24H20ClNO4/c1-14-3-4-16(12-20(14)25)21-9-10-23(30-21)24(28)26-17-5-7-19(15(2)11-17)22-8-6-18(13-27)29-22/h3-12,27H,13H2,1-2H3,(H,26,28). The predicted molar refractivity (Wildman–Crippen MR) is 117 cm³/mol. The third kappa shape index (κ3) is 4.03. The van der Waals surface area contributed by atoms with Crippen LogP contribution < -0.4 is 5.32 Å². The maximum Gasteiger partial charge on any atom is 0.291 e. The van der Waals surface area contributed by atoms with Crippen molar-refractivity contribution < 1.29 is 18.7 Å². The number of rotatable bonds is 5. The summed E-state index contributed by atoms with van der Waals surface area (Å²) in [6.07, 6.45) is 0. The molecule has 0 radical (unpaired) electrons. The maximum absolute atomic E-state index is 12.6. The van der Waals surface area contributed by atoms with Crippen molar-refractivity contribution in [2.45, 2.75) is 20.5 Å². The molecule has 0 aliphatic heterocycles. The van der Waals surface area contributed by atoms with Crippen LogP contribution in [0.5, 0.6) is 0 Å². The summed E-state index contributed by atoms with van der Waals surface area (Å²) in [6.45, 7) is 3.71. The molecular weight excluding hydrogens is 402 g/mol. The molecule has 2 aromatic carbocycles. The second-order valence-corrected chi connectivity index (χ2v) is 7.44. The van der Waals surface area contributed by atoms with Gasteiger partial charge in [-0.2, -0.15) is 0 Å². The van der Waals surface area contributed by atoms with E-state index in [0.29, 0.717) is 28.0 Å². The Morgan fingerprint density at radius 1 is 0.933 bits per heavy atom. The molecule has 0 saturated heterocycles. The molecule has 4 aromatic rings. The number of hydrogen-bond acceptors (Lipinski definition) is 4. The Kier molecular flexibility index (Phi) is 5.48. The van der Waals surface area contributed by atoms with Crippen LogP contribution in [0.1, 0.15) is 27.4 Å². The van der Waals surface area contributed by atoms with Crippen LogP contribution in [0.3, 0.4) is 0 Å². The first-order valence-corrected chi connectivity index (χ1v) is 9.80. The van der Waals surface area contributed by atoms with E-state index >= 15 is 0 Å². The third-order valence-electron chi connectivity index (χ3n) is 4.85. The Bertz CT molecular complexity index is 1220. The van der Waals surface area contributed by atoms with Crippen LogP contribution >= 0.6 is 11.6 Å². The van der Waals surface area contributed by atoms with Crippen molar-refractivity contribution in [1.29, 1.82) is 0 Å². The number of nitrogens with one attached hydrogen (secondary N) is 1. The fourth-order valence-electron chi connectivity index (χ4n) is 3.18. The van der Waals surface area contributed by atoms with E-state index in [1.807, 2.05) is 50.2 Å². The van der Waals surface area contributed by atoms with E-state index < -0.39 is 0 Å². The molecule has 1 amide bonds. The zero-order valence-electron chi connectivity index (χ0n) is 16.5. The van der Waals surface area contributed by atoms with Crippen LogP contribution in [0.15, 0.2) is 69.5 Å². The Morgan fingerprint density at radius 3 is 2.43 bits per heavy atom. The molecule has 5 nitrogen and oxygen atoms in total. The molecule has 0 saturated carbocycles. The SMILES string of the molecule is Cc1ccc(-c2ccc(C(=O)Nc3ccc(-c4ccc(CO)o4)c(C)c3)o2)cc1Cl. The molecule has 2 N–H and O–H groups in total. The number of carbonyl (C=O) groups excluding carboxylic acids is 1. The molecule has 0 atom stereocenters. The molecule has 6 heteroatoms. The van der Waals surface area contributed by atoms with Gasteiger partial charge in [0.15, 0.2) is 5.76 Å². The smallest absolute Gasteiger partial charge is 0.291 e. The average molecular weight is 422 g/mol. The fraction of sp³-hybridized carbons (Fsp3) is 0.125. The van der Waals surface area contributed by atoms with E-state index in [1.165, 1.54) is 0 Å². The third-order valence-corrected chi connectivity index (χ3v) is 5.26. The molecule has 0 fully saturated rings. The van der Waals surface area contributed by atoms with Crippen molar-refractivity contribution in [2.24, 2.45) is 0 Å². The topological polar surface area (TPSA) is 75.6 Å². The van der Waals surface area contributed by atoms with E-state index in [4.69, 9.17) is 25.5 Å². The van der Waals surface area contributed by atoms with E-state index in [1.54, 1.807) is 24.3 Å². The molecule has 2 aromatic heterocycles. The number of benzene rings is 2. The number of anilines is 1. The van der Waals surface area contributed by atoms with Crippen molar-refractivity contribution in [1.82, 2.24) is 0 Å². The van der Waals surface area contributed by atoms with Gasteiger partial charge >= 0.3 is 0 Å². The maximum atomic E-state index is 12.6.